The average molecular weight is 333 g/mol. The maximum Gasteiger partial charge on any atom is 0.227 e. The van der Waals surface area contributed by atoms with E-state index in [9.17, 15) is 15.2 Å². The third-order valence-electron chi connectivity index (χ3n) is 5.20. The third-order valence-corrected chi connectivity index (χ3v) is 5.20. The topological polar surface area (TPSA) is 77.2 Å². The fourth-order valence-electron chi connectivity index (χ4n) is 3.68. The largest absolute Gasteiger partial charge is 0.394 e. The van der Waals surface area contributed by atoms with E-state index in [1.54, 1.807) is 11.1 Å². The lowest BCUT2D eigenvalue weighted by Gasteiger charge is -2.51. The fourth-order valence-corrected chi connectivity index (χ4v) is 3.68. The fraction of sp³-hybridized carbons (Fsp3) is 0.350. The molecule has 2 fully saturated rings. The number of nitriles is 1. The van der Waals surface area contributed by atoms with Crippen molar-refractivity contribution >= 4 is 5.91 Å². The molecule has 1 aliphatic carbocycles. The van der Waals surface area contributed by atoms with E-state index in [1.165, 1.54) is 0 Å². The summed E-state index contributed by atoms with van der Waals surface area (Å²) in [6.07, 6.45) is 5.34. The molecule has 1 saturated heterocycles. The van der Waals surface area contributed by atoms with Crippen molar-refractivity contribution in [2.45, 2.75) is 30.8 Å². The molecule has 0 unspecified atom stereocenters. The summed E-state index contributed by atoms with van der Waals surface area (Å²) >= 11 is 0. The minimum Gasteiger partial charge on any atom is -0.394 e. The summed E-state index contributed by atoms with van der Waals surface area (Å²) in [6.45, 7) is -0.119. The van der Waals surface area contributed by atoms with Gasteiger partial charge in [0.25, 0.3) is 0 Å². The van der Waals surface area contributed by atoms with E-state index in [0.29, 0.717) is 0 Å². The molecule has 5 nitrogen and oxygen atoms in total. The number of aliphatic hydroxyl groups excluding tert-OH is 1. The van der Waals surface area contributed by atoms with Crippen LogP contribution in [0.2, 0.25) is 0 Å². The highest BCUT2D eigenvalue weighted by Crippen LogP contribution is 2.44. The van der Waals surface area contributed by atoms with E-state index >= 15 is 0 Å². The van der Waals surface area contributed by atoms with Crippen LogP contribution in [0.1, 0.15) is 24.3 Å². The SMILES string of the molecule is N#C[C@H]1[C@H](c2ccc(-c3cccnc3)cc2)[C@@H](CO)N1C(=O)C1CC1. The Morgan fingerprint density at radius 3 is 2.56 bits per heavy atom. The van der Waals surface area contributed by atoms with Crippen LogP contribution >= 0.6 is 0 Å². The van der Waals surface area contributed by atoms with Crippen LogP contribution in [0.3, 0.4) is 0 Å². The van der Waals surface area contributed by atoms with Crippen molar-refractivity contribution in [3.05, 3.63) is 54.4 Å². The Morgan fingerprint density at radius 1 is 1.24 bits per heavy atom. The quantitative estimate of drug-likeness (QED) is 0.931. The molecule has 2 heterocycles. The maximum absolute atomic E-state index is 12.4. The van der Waals surface area contributed by atoms with Crippen molar-refractivity contribution in [2.24, 2.45) is 5.92 Å². The van der Waals surface area contributed by atoms with Crippen molar-refractivity contribution in [1.82, 2.24) is 9.88 Å². The molecule has 2 aromatic rings. The van der Waals surface area contributed by atoms with Gasteiger partial charge in [-0.25, -0.2) is 0 Å². The number of hydrogen-bond acceptors (Lipinski definition) is 4. The highest BCUT2D eigenvalue weighted by Gasteiger charge is 2.53. The monoisotopic (exact) mass is 333 g/mol. The van der Waals surface area contributed by atoms with Crippen LogP contribution in [-0.2, 0) is 4.79 Å². The number of likely N-dealkylation sites (tertiary alicyclic amines) is 1. The van der Waals surface area contributed by atoms with Gasteiger partial charge in [0.2, 0.25) is 5.91 Å². The Morgan fingerprint density at radius 2 is 2.00 bits per heavy atom. The van der Waals surface area contributed by atoms with Crippen molar-refractivity contribution < 1.29 is 9.90 Å². The molecular weight excluding hydrogens is 314 g/mol. The standard InChI is InChI=1S/C20H19N3O2/c21-10-17-19(18(12-24)23(17)20(25)15-7-8-15)14-5-3-13(4-6-14)16-2-1-9-22-11-16/h1-6,9,11,15,17-19,24H,7-8,12H2/t17-,18+,19-/m0/s1. The molecule has 0 bridgehead atoms. The number of aliphatic hydroxyl groups is 1. The molecule has 1 amide bonds. The van der Waals surface area contributed by atoms with Gasteiger partial charge in [-0.15, -0.1) is 0 Å². The van der Waals surface area contributed by atoms with Gasteiger partial charge in [0, 0.05) is 24.2 Å². The van der Waals surface area contributed by atoms with Crippen LogP contribution in [0.4, 0.5) is 0 Å². The van der Waals surface area contributed by atoms with E-state index < -0.39 is 6.04 Å². The zero-order valence-electron chi connectivity index (χ0n) is 13.7. The number of amides is 1. The predicted molar refractivity (Wildman–Crippen MR) is 92.3 cm³/mol. The van der Waals surface area contributed by atoms with Crippen LogP contribution in [-0.4, -0.2) is 39.6 Å². The number of pyridine rings is 1. The lowest BCUT2D eigenvalue weighted by molar-refractivity contribution is -0.148. The Bertz CT molecular complexity index is 809. The summed E-state index contributed by atoms with van der Waals surface area (Å²) in [5, 5.41) is 19.3. The highest BCUT2D eigenvalue weighted by atomic mass is 16.3. The minimum absolute atomic E-state index is 0.0221. The van der Waals surface area contributed by atoms with Gasteiger partial charge in [0.15, 0.2) is 0 Å². The molecule has 1 aromatic heterocycles. The number of carbonyl (C=O) groups excluding carboxylic acids is 1. The van der Waals surface area contributed by atoms with Gasteiger partial charge < -0.3 is 10.0 Å². The molecule has 1 aliphatic heterocycles. The lowest BCUT2D eigenvalue weighted by atomic mass is 9.75. The molecule has 2 aliphatic rings. The second kappa shape index (κ2) is 6.30. The van der Waals surface area contributed by atoms with Crippen molar-refractivity contribution in [1.29, 1.82) is 5.26 Å². The van der Waals surface area contributed by atoms with E-state index in [0.717, 1.165) is 29.5 Å². The van der Waals surface area contributed by atoms with Crippen LogP contribution < -0.4 is 0 Å². The minimum atomic E-state index is -0.491. The molecule has 0 radical (unpaired) electrons. The smallest absolute Gasteiger partial charge is 0.227 e. The van der Waals surface area contributed by atoms with Gasteiger partial charge in [0.1, 0.15) is 6.04 Å². The maximum atomic E-state index is 12.4. The van der Waals surface area contributed by atoms with Gasteiger partial charge in [-0.05, 0) is 35.6 Å². The summed E-state index contributed by atoms with van der Waals surface area (Å²) in [6, 6.07) is 13.3. The number of nitrogens with zero attached hydrogens (tertiary/aromatic N) is 3. The zero-order valence-corrected chi connectivity index (χ0v) is 13.7. The Kier molecular flexibility index (Phi) is 3.98. The van der Waals surface area contributed by atoms with Crippen molar-refractivity contribution in [3.8, 4) is 17.2 Å². The van der Waals surface area contributed by atoms with Gasteiger partial charge >= 0.3 is 0 Å². The van der Waals surface area contributed by atoms with E-state index in [1.807, 2.05) is 42.6 Å². The molecule has 1 saturated carbocycles. The van der Waals surface area contributed by atoms with Gasteiger partial charge in [-0.1, -0.05) is 30.3 Å². The predicted octanol–water partition coefficient (Wildman–Crippen LogP) is 2.34. The van der Waals surface area contributed by atoms with Gasteiger partial charge in [-0.2, -0.15) is 5.26 Å². The van der Waals surface area contributed by atoms with Gasteiger partial charge in [-0.3, -0.25) is 9.78 Å². The number of hydrogen-bond donors (Lipinski definition) is 1. The third kappa shape index (κ3) is 2.69. The molecule has 0 spiro atoms. The summed E-state index contributed by atoms with van der Waals surface area (Å²) in [5.74, 6) is -0.0618. The molecule has 4 rings (SSSR count). The van der Waals surface area contributed by atoms with Crippen LogP contribution in [0.15, 0.2) is 48.8 Å². The number of aromatic nitrogens is 1. The van der Waals surface area contributed by atoms with E-state index in [-0.39, 0.29) is 30.4 Å². The van der Waals surface area contributed by atoms with Crippen LogP contribution in [0.5, 0.6) is 0 Å². The number of rotatable bonds is 4. The highest BCUT2D eigenvalue weighted by molar-refractivity contribution is 5.83. The molecule has 1 N–H and O–H groups in total. The summed E-state index contributed by atoms with van der Waals surface area (Å²) in [4.78, 5) is 18.1. The summed E-state index contributed by atoms with van der Waals surface area (Å²) in [7, 11) is 0. The second-order valence-corrected chi connectivity index (χ2v) is 6.73. The lowest BCUT2D eigenvalue weighted by Crippen LogP contribution is -2.65. The molecule has 1 aromatic carbocycles. The molecule has 3 atom stereocenters. The first-order valence-electron chi connectivity index (χ1n) is 8.57. The second-order valence-electron chi connectivity index (χ2n) is 6.73. The van der Waals surface area contributed by atoms with Crippen molar-refractivity contribution in [2.75, 3.05) is 6.61 Å². The number of benzene rings is 1. The number of carbonyl (C=O) groups is 1. The zero-order chi connectivity index (χ0) is 17.4. The van der Waals surface area contributed by atoms with Crippen LogP contribution in [0, 0.1) is 17.2 Å². The Balaban J connectivity index is 1.58. The average Bonchev–Trinajstić information content (AvgIpc) is 3.48. The normalized spacial score (nSPS) is 25.1. The van der Waals surface area contributed by atoms with Gasteiger partial charge in [0.05, 0.1) is 18.7 Å². The first kappa shape index (κ1) is 15.8. The molecule has 126 valence electrons. The van der Waals surface area contributed by atoms with Crippen LogP contribution in [0.25, 0.3) is 11.1 Å². The van der Waals surface area contributed by atoms with Crippen molar-refractivity contribution in [3.63, 3.8) is 0 Å². The van der Waals surface area contributed by atoms with E-state index in [4.69, 9.17) is 0 Å². The summed E-state index contributed by atoms with van der Waals surface area (Å²) < 4.78 is 0. The Labute approximate surface area is 146 Å². The summed E-state index contributed by atoms with van der Waals surface area (Å²) in [5.41, 5.74) is 3.07. The first-order valence-corrected chi connectivity index (χ1v) is 8.57. The molecule has 25 heavy (non-hydrogen) atoms. The Hall–Kier alpha value is -2.71. The molecular formula is C20H19N3O2. The van der Waals surface area contributed by atoms with E-state index in [2.05, 4.69) is 11.1 Å². The first-order chi connectivity index (χ1) is 12.2. The molecule has 5 heteroatoms.